The zero-order valence-corrected chi connectivity index (χ0v) is 19.7. The van der Waals surface area contributed by atoms with Crippen LogP contribution in [0.4, 0.5) is 5.82 Å². The number of hydrogen-bond acceptors (Lipinski definition) is 6. The molecule has 35 heavy (non-hydrogen) atoms. The number of anilines is 1. The van der Waals surface area contributed by atoms with Crippen molar-refractivity contribution < 1.29 is 14.3 Å². The van der Waals surface area contributed by atoms with Crippen LogP contribution in [0.1, 0.15) is 41.9 Å². The fraction of sp³-hybridized carbons (Fsp3) is 0.308. The molecule has 2 N–H and O–H groups in total. The highest BCUT2D eigenvalue weighted by atomic mass is 16.5. The number of amides is 1. The molecule has 2 aliphatic rings. The number of pyridine rings is 1. The maximum atomic E-state index is 11.7. The average molecular weight is 471 g/mol. The van der Waals surface area contributed by atoms with Gasteiger partial charge in [-0.1, -0.05) is 0 Å². The topological polar surface area (TPSA) is 107 Å². The van der Waals surface area contributed by atoms with Crippen LogP contribution in [0.15, 0.2) is 42.7 Å². The first-order valence-electron chi connectivity index (χ1n) is 11.9. The Morgan fingerprint density at radius 2 is 2.14 bits per heavy atom. The molecule has 1 aromatic carbocycles. The molecule has 1 atom stereocenters. The van der Waals surface area contributed by atoms with Gasteiger partial charge in [0.2, 0.25) is 5.91 Å². The van der Waals surface area contributed by atoms with Crippen LogP contribution >= 0.6 is 0 Å². The third-order valence-electron chi connectivity index (χ3n) is 6.49. The predicted molar refractivity (Wildman–Crippen MR) is 130 cm³/mol. The Hall–Kier alpha value is -4.14. The Morgan fingerprint density at radius 1 is 1.23 bits per heavy atom. The smallest absolute Gasteiger partial charge is 0.225 e. The first-order chi connectivity index (χ1) is 17.1. The van der Waals surface area contributed by atoms with Gasteiger partial charge in [0.1, 0.15) is 34.6 Å². The van der Waals surface area contributed by atoms with Gasteiger partial charge in [0.15, 0.2) is 0 Å². The van der Waals surface area contributed by atoms with E-state index in [9.17, 15) is 4.79 Å². The number of nitrogens with zero attached hydrogens (tertiary/aromatic N) is 4. The quantitative estimate of drug-likeness (QED) is 0.448. The standard InChI is InChI=1S/C26H26N6O3/c1-3-32-21(10-15(2)31-32)20-13-28-25(29-20)17-11-16-12-18(4-6-22(16)34-14-17)35-23-8-9-27-26-19(23)5-7-24(33)30-26/h4,6,8-10,12-13,17H,3,5,7,11,14H2,1-2H3,(H,28,29)(H,27,30,33)/t17-/m0/s1. The summed E-state index contributed by atoms with van der Waals surface area (Å²) in [6.45, 7) is 5.42. The lowest BCUT2D eigenvalue weighted by atomic mass is 9.96. The summed E-state index contributed by atoms with van der Waals surface area (Å²) in [6.07, 6.45) is 5.42. The summed E-state index contributed by atoms with van der Waals surface area (Å²) >= 11 is 0. The second-order valence-electron chi connectivity index (χ2n) is 8.93. The molecular weight excluding hydrogens is 444 g/mol. The van der Waals surface area contributed by atoms with E-state index >= 15 is 0 Å². The molecule has 4 aromatic rings. The fourth-order valence-electron chi connectivity index (χ4n) is 4.76. The van der Waals surface area contributed by atoms with Crippen molar-refractivity contribution in [2.45, 2.75) is 45.6 Å². The Bertz CT molecular complexity index is 1420. The second kappa shape index (κ2) is 8.57. The molecule has 5 heterocycles. The van der Waals surface area contributed by atoms with E-state index in [-0.39, 0.29) is 11.8 Å². The van der Waals surface area contributed by atoms with Crippen molar-refractivity contribution in [1.82, 2.24) is 24.7 Å². The van der Waals surface area contributed by atoms with E-state index in [0.29, 0.717) is 31.0 Å². The largest absolute Gasteiger partial charge is 0.493 e. The third-order valence-corrected chi connectivity index (χ3v) is 6.49. The molecule has 0 spiro atoms. The number of aromatic nitrogens is 5. The summed E-state index contributed by atoms with van der Waals surface area (Å²) in [5, 5.41) is 7.35. The van der Waals surface area contributed by atoms with Crippen molar-refractivity contribution in [3.8, 4) is 28.6 Å². The maximum absolute atomic E-state index is 11.7. The first kappa shape index (κ1) is 21.4. The molecule has 9 nitrogen and oxygen atoms in total. The van der Waals surface area contributed by atoms with Crippen molar-refractivity contribution in [1.29, 1.82) is 0 Å². The molecule has 2 aliphatic heterocycles. The van der Waals surface area contributed by atoms with Crippen molar-refractivity contribution in [2.75, 3.05) is 11.9 Å². The normalized spacial score (nSPS) is 16.7. The number of hydrogen-bond donors (Lipinski definition) is 2. The minimum atomic E-state index is -0.0190. The average Bonchev–Trinajstić information content (AvgIpc) is 3.50. The summed E-state index contributed by atoms with van der Waals surface area (Å²) in [4.78, 5) is 24.2. The van der Waals surface area contributed by atoms with Gasteiger partial charge < -0.3 is 19.8 Å². The number of H-pyrrole nitrogens is 1. The molecule has 0 unspecified atom stereocenters. The van der Waals surface area contributed by atoms with Crippen LogP contribution in [0.3, 0.4) is 0 Å². The van der Waals surface area contributed by atoms with Crippen molar-refractivity contribution in [2.24, 2.45) is 0 Å². The van der Waals surface area contributed by atoms with E-state index in [0.717, 1.165) is 58.5 Å². The highest BCUT2D eigenvalue weighted by Gasteiger charge is 2.26. The lowest BCUT2D eigenvalue weighted by molar-refractivity contribution is -0.116. The van der Waals surface area contributed by atoms with Gasteiger partial charge in [-0.15, -0.1) is 0 Å². The number of carbonyl (C=O) groups is 1. The number of fused-ring (bicyclic) bond motifs is 2. The number of imidazole rings is 1. The summed E-state index contributed by atoms with van der Waals surface area (Å²) in [5.74, 6) is 3.86. The molecule has 0 fully saturated rings. The Morgan fingerprint density at radius 3 is 3.03 bits per heavy atom. The van der Waals surface area contributed by atoms with E-state index in [2.05, 4.69) is 33.4 Å². The number of aryl methyl sites for hydroxylation is 2. The molecule has 0 saturated carbocycles. The highest BCUT2D eigenvalue weighted by molar-refractivity contribution is 5.93. The molecule has 0 aliphatic carbocycles. The second-order valence-corrected chi connectivity index (χ2v) is 8.93. The van der Waals surface area contributed by atoms with Gasteiger partial charge in [0.05, 0.1) is 23.9 Å². The van der Waals surface area contributed by atoms with Crippen LogP contribution in [0.5, 0.6) is 17.2 Å². The lowest BCUT2D eigenvalue weighted by Gasteiger charge is -2.25. The van der Waals surface area contributed by atoms with Gasteiger partial charge in [-0.05, 0) is 62.6 Å². The lowest BCUT2D eigenvalue weighted by Crippen LogP contribution is -2.20. The number of nitrogens with one attached hydrogen (secondary N) is 2. The van der Waals surface area contributed by atoms with E-state index in [1.54, 1.807) is 6.20 Å². The van der Waals surface area contributed by atoms with Gasteiger partial charge in [-0.2, -0.15) is 5.10 Å². The predicted octanol–water partition coefficient (Wildman–Crippen LogP) is 4.39. The van der Waals surface area contributed by atoms with Crippen LogP contribution < -0.4 is 14.8 Å². The van der Waals surface area contributed by atoms with Gasteiger partial charge in [0.25, 0.3) is 0 Å². The SMILES string of the molecule is CCn1nc(C)cc1-c1c[nH]c([C@@H]2COc3ccc(Oc4ccnc5c4CCC(=O)N5)cc3C2)n1. The summed E-state index contributed by atoms with van der Waals surface area (Å²) in [5.41, 5.74) is 4.87. The molecule has 0 saturated heterocycles. The molecule has 178 valence electrons. The Labute approximate surface area is 202 Å². The molecule has 0 bridgehead atoms. The molecule has 1 amide bonds. The van der Waals surface area contributed by atoms with Crippen molar-refractivity contribution in [3.63, 3.8) is 0 Å². The van der Waals surface area contributed by atoms with Crippen LogP contribution in [0, 0.1) is 6.92 Å². The van der Waals surface area contributed by atoms with E-state index in [1.165, 1.54) is 0 Å². The van der Waals surface area contributed by atoms with E-state index in [4.69, 9.17) is 14.5 Å². The Balaban J connectivity index is 1.22. The first-order valence-corrected chi connectivity index (χ1v) is 11.9. The van der Waals surface area contributed by atoms with Gasteiger partial charge >= 0.3 is 0 Å². The number of ether oxygens (including phenoxy) is 2. The number of carbonyl (C=O) groups excluding carboxylic acids is 1. The minimum Gasteiger partial charge on any atom is -0.493 e. The van der Waals surface area contributed by atoms with E-state index < -0.39 is 0 Å². The van der Waals surface area contributed by atoms with Crippen LogP contribution in [-0.2, 0) is 24.2 Å². The monoisotopic (exact) mass is 470 g/mol. The van der Waals surface area contributed by atoms with E-state index in [1.807, 2.05) is 42.1 Å². The number of aromatic amines is 1. The zero-order valence-electron chi connectivity index (χ0n) is 19.7. The molecule has 9 heteroatoms. The fourth-order valence-corrected chi connectivity index (χ4v) is 4.76. The number of benzene rings is 1. The van der Waals surface area contributed by atoms with Crippen LogP contribution in [0.25, 0.3) is 11.4 Å². The summed E-state index contributed by atoms with van der Waals surface area (Å²) in [7, 11) is 0. The summed E-state index contributed by atoms with van der Waals surface area (Å²) in [6, 6.07) is 9.78. The number of rotatable bonds is 5. The van der Waals surface area contributed by atoms with Crippen molar-refractivity contribution >= 4 is 11.7 Å². The molecular formula is C26H26N6O3. The van der Waals surface area contributed by atoms with Gasteiger partial charge in [0, 0.05) is 30.9 Å². The molecule has 6 rings (SSSR count). The van der Waals surface area contributed by atoms with Gasteiger partial charge in [-0.3, -0.25) is 9.48 Å². The highest BCUT2D eigenvalue weighted by Crippen LogP contribution is 2.37. The zero-order chi connectivity index (χ0) is 23.9. The van der Waals surface area contributed by atoms with Gasteiger partial charge in [-0.25, -0.2) is 9.97 Å². The van der Waals surface area contributed by atoms with Crippen molar-refractivity contribution in [3.05, 3.63) is 65.4 Å². The minimum absolute atomic E-state index is 0.0190. The summed E-state index contributed by atoms with van der Waals surface area (Å²) < 4.78 is 14.3. The molecule has 3 aromatic heterocycles. The Kier molecular flexibility index (Phi) is 5.24. The van der Waals surface area contributed by atoms with Crippen LogP contribution in [-0.4, -0.2) is 37.2 Å². The maximum Gasteiger partial charge on any atom is 0.225 e. The molecule has 0 radical (unpaired) electrons. The van der Waals surface area contributed by atoms with Crippen LogP contribution in [0.2, 0.25) is 0 Å². The third kappa shape index (κ3) is 4.03.